The zero-order valence-electron chi connectivity index (χ0n) is 12.3. The summed E-state index contributed by atoms with van der Waals surface area (Å²) in [5, 5.41) is 0. The fourth-order valence-corrected chi connectivity index (χ4v) is 2.77. The van der Waals surface area contributed by atoms with Gasteiger partial charge in [0, 0.05) is 13.1 Å². The fourth-order valence-electron chi connectivity index (χ4n) is 2.23. The van der Waals surface area contributed by atoms with Crippen molar-refractivity contribution in [3.63, 3.8) is 0 Å². The average molecular weight is 318 g/mol. The minimum Gasteiger partial charge on any atom is -0.475 e. The molecule has 20 heavy (non-hydrogen) atoms. The van der Waals surface area contributed by atoms with Crippen molar-refractivity contribution in [2.45, 2.75) is 39.0 Å². The van der Waals surface area contributed by atoms with Crippen LogP contribution < -0.4 is 4.74 Å². The van der Waals surface area contributed by atoms with E-state index in [2.05, 4.69) is 33.7 Å². The molecule has 0 atom stereocenters. The van der Waals surface area contributed by atoms with E-state index in [1.54, 1.807) is 0 Å². The first-order chi connectivity index (χ1) is 9.31. The van der Waals surface area contributed by atoms with Crippen LogP contribution in [0.2, 0.25) is 0 Å². The molecule has 4 nitrogen and oxygen atoms in total. The Morgan fingerprint density at radius 3 is 2.90 bits per heavy atom. The second kappa shape index (κ2) is 9.32. The maximum Gasteiger partial charge on any atom is 0.253 e. The molecule has 2 heterocycles. The molecule has 0 aromatic carbocycles. The first kappa shape index (κ1) is 17.4. The van der Waals surface area contributed by atoms with Crippen molar-refractivity contribution in [3.05, 3.63) is 11.8 Å². The molecule has 0 saturated carbocycles. The molecule has 0 unspecified atom stereocenters. The molecule has 0 radical (unpaired) electrons. The van der Waals surface area contributed by atoms with E-state index in [1.165, 1.54) is 36.6 Å². The number of ether oxygens (including phenoxy) is 1. The van der Waals surface area contributed by atoms with Crippen molar-refractivity contribution < 1.29 is 4.74 Å². The van der Waals surface area contributed by atoms with Gasteiger partial charge in [0.15, 0.2) is 0 Å². The van der Waals surface area contributed by atoms with Crippen molar-refractivity contribution in [2.24, 2.45) is 0 Å². The van der Waals surface area contributed by atoms with Crippen LogP contribution in [-0.2, 0) is 0 Å². The van der Waals surface area contributed by atoms with Gasteiger partial charge in [0.1, 0.15) is 5.69 Å². The van der Waals surface area contributed by atoms with Crippen LogP contribution >= 0.6 is 24.1 Å². The van der Waals surface area contributed by atoms with Gasteiger partial charge in [0.2, 0.25) is 0 Å². The van der Waals surface area contributed by atoms with Gasteiger partial charge in [-0.3, -0.25) is 0 Å². The Bertz CT molecular complexity index is 422. The van der Waals surface area contributed by atoms with Crippen LogP contribution in [0.25, 0.3) is 5.57 Å². The lowest BCUT2D eigenvalue weighted by Gasteiger charge is -2.22. The van der Waals surface area contributed by atoms with E-state index in [9.17, 15) is 0 Å². The van der Waals surface area contributed by atoms with Crippen LogP contribution in [0, 0.1) is 0 Å². The van der Waals surface area contributed by atoms with Gasteiger partial charge in [0.25, 0.3) is 5.88 Å². The molecule has 0 spiro atoms. The number of rotatable bonds is 7. The Morgan fingerprint density at radius 2 is 2.15 bits per heavy atom. The minimum absolute atomic E-state index is 0. The van der Waals surface area contributed by atoms with Crippen molar-refractivity contribution in [2.75, 3.05) is 26.7 Å². The summed E-state index contributed by atoms with van der Waals surface area (Å²) in [6, 6.07) is 0. The van der Waals surface area contributed by atoms with Crippen LogP contribution in [0.15, 0.2) is 6.08 Å². The van der Waals surface area contributed by atoms with Crippen molar-refractivity contribution in [1.82, 2.24) is 13.6 Å². The van der Waals surface area contributed by atoms with E-state index >= 15 is 0 Å². The zero-order chi connectivity index (χ0) is 13.5. The maximum atomic E-state index is 5.79. The van der Waals surface area contributed by atoms with E-state index in [4.69, 9.17) is 4.74 Å². The van der Waals surface area contributed by atoms with Gasteiger partial charge in [-0.25, -0.2) is 0 Å². The monoisotopic (exact) mass is 317 g/mol. The highest BCUT2D eigenvalue weighted by Crippen LogP contribution is 2.27. The quantitative estimate of drug-likeness (QED) is 0.720. The Balaban J connectivity index is 0.00000200. The Labute approximate surface area is 132 Å². The van der Waals surface area contributed by atoms with Crippen LogP contribution in [-0.4, -0.2) is 40.4 Å². The standard InChI is InChI=1S/C14H23N3OS.ClH/c1-3-4-5-6-10-18-14-13(15-19-16-14)12-8-7-9-17(2)11-12;/h8H,3-7,9-11H2,1-2H3;1H. The first-order valence-corrected chi connectivity index (χ1v) is 7.87. The van der Waals surface area contributed by atoms with Gasteiger partial charge in [0.05, 0.1) is 18.3 Å². The summed E-state index contributed by atoms with van der Waals surface area (Å²) in [5.41, 5.74) is 2.21. The second-order valence-corrected chi connectivity index (χ2v) is 5.61. The number of halogens is 1. The summed E-state index contributed by atoms with van der Waals surface area (Å²) < 4.78 is 14.5. The Morgan fingerprint density at radius 1 is 1.30 bits per heavy atom. The van der Waals surface area contributed by atoms with E-state index in [1.807, 2.05) is 0 Å². The smallest absolute Gasteiger partial charge is 0.253 e. The summed E-state index contributed by atoms with van der Waals surface area (Å²) in [4.78, 5) is 2.31. The summed E-state index contributed by atoms with van der Waals surface area (Å²) >= 11 is 1.25. The number of hydrogen-bond acceptors (Lipinski definition) is 5. The lowest BCUT2D eigenvalue weighted by atomic mass is 10.1. The first-order valence-electron chi connectivity index (χ1n) is 7.14. The third-order valence-corrected chi connectivity index (χ3v) is 3.85. The van der Waals surface area contributed by atoms with Crippen molar-refractivity contribution >= 4 is 29.7 Å². The molecular formula is C14H24ClN3OS. The third kappa shape index (κ3) is 5.04. The highest BCUT2D eigenvalue weighted by atomic mass is 35.5. The minimum atomic E-state index is 0. The molecular weight excluding hydrogens is 294 g/mol. The SMILES string of the molecule is CCCCCCOc1nsnc1C1=CCCN(C)C1.Cl. The molecule has 114 valence electrons. The molecule has 1 aliphatic heterocycles. The molecule has 0 aliphatic carbocycles. The normalized spacial score (nSPS) is 15.6. The zero-order valence-corrected chi connectivity index (χ0v) is 13.9. The second-order valence-electron chi connectivity index (χ2n) is 5.08. The number of likely N-dealkylation sites (N-methyl/N-ethyl adjacent to an activating group) is 1. The number of aromatic nitrogens is 2. The maximum absolute atomic E-state index is 5.79. The predicted octanol–water partition coefficient (Wildman–Crippen LogP) is 3.64. The summed E-state index contributed by atoms with van der Waals surface area (Å²) in [6.45, 7) is 5.03. The van der Waals surface area contributed by atoms with E-state index in [-0.39, 0.29) is 12.4 Å². The predicted molar refractivity (Wildman–Crippen MR) is 86.9 cm³/mol. The molecule has 0 amide bonds. The Hall–Kier alpha value is -0.650. The van der Waals surface area contributed by atoms with Crippen molar-refractivity contribution in [3.8, 4) is 5.88 Å². The molecule has 1 aromatic rings. The highest BCUT2D eigenvalue weighted by Gasteiger charge is 2.18. The molecule has 0 N–H and O–H groups in total. The lowest BCUT2D eigenvalue weighted by molar-refractivity contribution is 0.294. The number of nitrogens with zero attached hydrogens (tertiary/aromatic N) is 3. The van der Waals surface area contributed by atoms with Crippen LogP contribution in [0.1, 0.15) is 44.7 Å². The van der Waals surface area contributed by atoms with Gasteiger partial charge in [-0.15, -0.1) is 16.8 Å². The number of unbranched alkanes of at least 4 members (excludes halogenated alkanes) is 3. The molecule has 1 aliphatic rings. The number of hydrogen-bond donors (Lipinski definition) is 0. The van der Waals surface area contributed by atoms with Gasteiger partial charge < -0.3 is 9.64 Å². The van der Waals surface area contributed by atoms with Crippen LogP contribution in [0.4, 0.5) is 0 Å². The fraction of sp³-hybridized carbons (Fsp3) is 0.714. The van der Waals surface area contributed by atoms with Gasteiger partial charge in [-0.1, -0.05) is 32.3 Å². The molecule has 0 bridgehead atoms. The molecule has 2 rings (SSSR count). The molecule has 0 fully saturated rings. The highest BCUT2D eigenvalue weighted by molar-refractivity contribution is 6.99. The average Bonchev–Trinajstić information content (AvgIpc) is 2.87. The van der Waals surface area contributed by atoms with Crippen LogP contribution in [0.3, 0.4) is 0 Å². The van der Waals surface area contributed by atoms with E-state index in [0.717, 1.165) is 44.1 Å². The van der Waals surface area contributed by atoms with E-state index in [0.29, 0.717) is 0 Å². The van der Waals surface area contributed by atoms with Gasteiger partial charge in [-0.05, 0) is 25.5 Å². The lowest BCUT2D eigenvalue weighted by Crippen LogP contribution is -2.25. The summed E-state index contributed by atoms with van der Waals surface area (Å²) in [5.74, 6) is 0.725. The molecule has 0 saturated heterocycles. The van der Waals surface area contributed by atoms with Gasteiger partial charge >= 0.3 is 0 Å². The largest absolute Gasteiger partial charge is 0.475 e. The third-order valence-electron chi connectivity index (χ3n) is 3.34. The molecule has 1 aromatic heterocycles. The summed E-state index contributed by atoms with van der Waals surface area (Å²) in [6.07, 6.45) is 8.21. The molecule has 6 heteroatoms. The summed E-state index contributed by atoms with van der Waals surface area (Å²) in [7, 11) is 2.14. The van der Waals surface area contributed by atoms with Crippen LogP contribution in [0.5, 0.6) is 5.88 Å². The topological polar surface area (TPSA) is 38.3 Å². The Kier molecular flexibility index (Phi) is 8.11. The van der Waals surface area contributed by atoms with Gasteiger partial charge in [-0.2, -0.15) is 4.37 Å². The van der Waals surface area contributed by atoms with Crippen molar-refractivity contribution in [1.29, 1.82) is 0 Å². The van der Waals surface area contributed by atoms with E-state index < -0.39 is 0 Å².